The Hall–Kier alpha value is -1.99. The van der Waals surface area contributed by atoms with Gasteiger partial charge in [0.15, 0.2) is 0 Å². The minimum atomic E-state index is -0.0797. The van der Waals surface area contributed by atoms with Crippen molar-refractivity contribution in [2.75, 3.05) is 0 Å². The van der Waals surface area contributed by atoms with Crippen LogP contribution >= 0.6 is 22.7 Å². The molecular weight excluding hydrogens is 376 g/mol. The van der Waals surface area contributed by atoms with E-state index in [1.807, 2.05) is 24.7 Å². The summed E-state index contributed by atoms with van der Waals surface area (Å²) in [5.74, 6) is 0.0596. The molecule has 0 radical (unpaired) electrons. The molecule has 0 unspecified atom stereocenters. The predicted octanol–water partition coefficient (Wildman–Crippen LogP) is 4.38. The van der Waals surface area contributed by atoms with E-state index in [2.05, 4.69) is 46.1 Å². The molecule has 1 amide bonds. The Morgan fingerprint density at radius 2 is 2.11 bits per heavy atom. The fraction of sp³-hybridized carbons (Fsp3) is 0.450. The zero-order chi connectivity index (χ0) is 19.4. The zero-order valence-corrected chi connectivity index (χ0v) is 17.9. The normalized spacial score (nSPS) is 12.3. The topological polar surface area (TPSA) is 59.8 Å². The molecule has 7 heteroatoms. The van der Waals surface area contributed by atoms with Crippen LogP contribution < -0.4 is 5.32 Å². The van der Waals surface area contributed by atoms with Gasteiger partial charge in [-0.2, -0.15) is 16.4 Å². The Balaban J connectivity index is 1.67. The summed E-state index contributed by atoms with van der Waals surface area (Å²) in [6, 6.07) is 2.03. The van der Waals surface area contributed by atoms with Crippen LogP contribution in [0, 0.1) is 20.8 Å². The minimum Gasteiger partial charge on any atom is -0.347 e. The van der Waals surface area contributed by atoms with Crippen molar-refractivity contribution in [1.29, 1.82) is 0 Å². The monoisotopic (exact) mass is 402 g/mol. The van der Waals surface area contributed by atoms with Crippen molar-refractivity contribution in [2.24, 2.45) is 0 Å². The van der Waals surface area contributed by atoms with E-state index in [1.54, 1.807) is 22.7 Å². The van der Waals surface area contributed by atoms with Crippen molar-refractivity contribution in [1.82, 2.24) is 20.1 Å². The maximum atomic E-state index is 12.6. The Morgan fingerprint density at radius 3 is 2.70 bits per heavy atom. The lowest BCUT2D eigenvalue weighted by atomic mass is 10.1. The van der Waals surface area contributed by atoms with Gasteiger partial charge < -0.3 is 5.32 Å². The molecule has 0 fully saturated rings. The lowest BCUT2D eigenvalue weighted by Crippen LogP contribution is -2.30. The number of carbonyl (C=O) groups excluding carboxylic acids is 1. The molecule has 27 heavy (non-hydrogen) atoms. The number of nitrogens with zero attached hydrogens (tertiary/aromatic N) is 3. The van der Waals surface area contributed by atoms with Crippen LogP contribution in [0.5, 0.6) is 0 Å². The summed E-state index contributed by atoms with van der Waals surface area (Å²) >= 11 is 3.35. The third-order valence-corrected chi connectivity index (χ3v) is 6.61. The number of nitrogens with one attached hydrogen (secondary N) is 1. The van der Waals surface area contributed by atoms with Gasteiger partial charge in [0.05, 0.1) is 17.4 Å². The Morgan fingerprint density at radius 1 is 1.30 bits per heavy atom. The molecule has 0 bridgehead atoms. The summed E-state index contributed by atoms with van der Waals surface area (Å²) in [5, 5.41) is 12.9. The number of thiophene rings is 1. The SMILES string of the molecule is CCn1cc(CCC(=O)N[C@@H](Cc2ccsc2)c2nc(C)c(C)s2)c(C)n1. The van der Waals surface area contributed by atoms with Gasteiger partial charge in [0.25, 0.3) is 0 Å². The van der Waals surface area contributed by atoms with E-state index in [4.69, 9.17) is 0 Å². The molecule has 0 aliphatic rings. The van der Waals surface area contributed by atoms with Gasteiger partial charge in [-0.1, -0.05) is 0 Å². The second-order valence-electron chi connectivity index (χ2n) is 6.74. The van der Waals surface area contributed by atoms with E-state index >= 15 is 0 Å². The van der Waals surface area contributed by atoms with Crippen molar-refractivity contribution in [3.63, 3.8) is 0 Å². The van der Waals surface area contributed by atoms with Gasteiger partial charge in [-0.3, -0.25) is 9.48 Å². The Labute approximate surface area is 168 Å². The van der Waals surface area contributed by atoms with Crippen molar-refractivity contribution in [2.45, 2.75) is 59.5 Å². The van der Waals surface area contributed by atoms with Gasteiger partial charge in [-0.05, 0) is 62.1 Å². The summed E-state index contributed by atoms with van der Waals surface area (Å²) in [5.41, 5.74) is 4.42. The molecule has 0 saturated carbocycles. The number of hydrogen-bond acceptors (Lipinski definition) is 5. The summed E-state index contributed by atoms with van der Waals surface area (Å²) in [6.45, 7) is 9.01. The highest BCUT2D eigenvalue weighted by atomic mass is 32.1. The van der Waals surface area contributed by atoms with Gasteiger partial charge in [0.1, 0.15) is 5.01 Å². The van der Waals surface area contributed by atoms with Crippen molar-refractivity contribution < 1.29 is 4.79 Å². The van der Waals surface area contributed by atoms with E-state index in [9.17, 15) is 4.79 Å². The molecule has 3 rings (SSSR count). The minimum absolute atomic E-state index is 0.0596. The summed E-state index contributed by atoms with van der Waals surface area (Å²) in [7, 11) is 0. The molecule has 3 aromatic heterocycles. The molecule has 0 spiro atoms. The van der Waals surface area contributed by atoms with Gasteiger partial charge >= 0.3 is 0 Å². The molecule has 5 nitrogen and oxygen atoms in total. The number of aryl methyl sites for hydroxylation is 5. The largest absolute Gasteiger partial charge is 0.347 e. The quantitative estimate of drug-likeness (QED) is 0.608. The fourth-order valence-corrected chi connectivity index (χ4v) is 4.63. The lowest BCUT2D eigenvalue weighted by molar-refractivity contribution is -0.121. The van der Waals surface area contributed by atoms with Crippen LogP contribution in [-0.4, -0.2) is 20.7 Å². The molecule has 0 saturated heterocycles. The van der Waals surface area contributed by atoms with Crippen LogP contribution in [-0.2, 0) is 24.2 Å². The first kappa shape index (κ1) is 19.8. The molecule has 3 heterocycles. The summed E-state index contributed by atoms with van der Waals surface area (Å²) in [6.07, 6.45) is 3.98. The first-order valence-corrected chi connectivity index (χ1v) is 11.0. The molecule has 0 aromatic carbocycles. The average Bonchev–Trinajstić information content (AvgIpc) is 3.34. The van der Waals surface area contributed by atoms with Gasteiger partial charge in [0, 0.05) is 30.5 Å². The Kier molecular flexibility index (Phi) is 6.44. The average molecular weight is 403 g/mol. The smallest absolute Gasteiger partial charge is 0.220 e. The number of amides is 1. The third kappa shape index (κ3) is 5.05. The molecule has 1 atom stereocenters. The van der Waals surface area contributed by atoms with E-state index in [0.29, 0.717) is 12.8 Å². The maximum Gasteiger partial charge on any atom is 0.220 e. The van der Waals surface area contributed by atoms with E-state index in [-0.39, 0.29) is 11.9 Å². The van der Waals surface area contributed by atoms with Gasteiger partial charge in [0.2, 0.25) is 5.91 Å². The van der Waals surface area contributed by atoms with E-state index < -0.39 is 0 Å². The van der Waals surface area contributed by atoms with Gasteiger partial charge in [-0.15, -0.1) is 11.3 Å². The highest BCUT2D eigenvalue weighted by Crippen LogP contribution is 2.26. The number of aromatic nitrogens is 3. The third-order valence-electron chi connectivity index (χ3n) is 4.69. The summed E-state index contributed by atoms with van der Waals surface area (Å²) in [4.78, 5) is 18.5. The lowest BCUT2D eigenvalue weighted by Gasteiger charge is -2.16. The molecule has 3 aromatic rings. The maximum absolute atomic E-state index is 12.6. The second kappa shape index (κ2) is 8.80. The zero-order valence-electron chi connectivity index (χ0n) is 16.3. The fourth-order valence-electron chi connectivity index (χ4n) is 2.97. The molecule has 1 N–H and O–H groups in total. The highest BCUT2D eigenvalue weighted by molar-refractivity contribution is 7.11. The van der Waals surface area contributed by atoms with E-state index in [0.717, 1.165) is 34.9 Å². The predicted molar refractivity (Wildman–Crippen MR) is 111 cm³/mol. The van der Waals surface area contributed by atoms with Crippen molar-refractivity contribution in [3.05, 3.63) is 55.4 Å². The first-order chi connectivity index (χ1) is 13.0. The molecular formula is C20H26N4OS2. The second-order valence-corrected chi connectivity index (χ2v) is 8.76. The number of hydrogen-bond donors (Lipinski definition) is 1. The van der Waals surface area contributed by atoms with Crippen LogP contribution in [0.4, 0.5) is 0 Å². The molecule has 0 aliphatic carbocycles. The van der Waals surface area contributed by atoms with Crippen LogP contribution in [0.25, 0.3) is 0 Å². The van der Waals surface area contributed by atoms with E-state index in [1.165, 1.54) is 10.4 Å². The van der Waals surface area contributed by atoms with Crippen LogP contribution in [0.2, 0.25) is 0 Å². The van der Waals surface area contributed by atoms with Gasteiger partial charge in [-0.25, -0.2) is 4.98 Å². The Bertz CT molecular complexity index is 876. The first-order valence-electron chi connectivity index (χ1n) is 9.23. The number of rotatable bonds is 8. The van der Waals surface area contributed by atoms with Crippen LogP contribution in [0.1, 0.15) is 51.8 Å². The van der Waals surface area contributed by atoms with Crippen LogP contribution in [0.3, 0.4) is 0 Å². The van der Waals surface area contributed by atoms with Crippen molar-refractivity contribution in [3.8, 4) is 0 Å². The molecule has 144 valence electrons. The highest BCUT2D eigenvalue weighted by Gasteiger charge is 2.20. The van der Waals surface area contributed by atoms with Crippen LogP contribution in [0.15, 0.2) is 23.0 Å². The number of thiazole rings is 1. The standard InChI is InChI=1S/C20H26N4OS2/c1-5-24-11-17(14(3)23-24)6-7-19(25)22-18(10-16-8-9-26-12-16)20-21-13(2)15(4)27-20/h8-9,11-12,18H,5-7,10H2,1-4H3,(H,22,25)/t18-/m0/s1. The summed E-state index contributed by atoms with van der Waals surface area (Å²) < 4.78 is 1.92. The number of carbonyl (C=O) groups is 1. The van der Waals surface area contributed by atoms with Crippen molar-refractivity contribution >= 4 is 28.6 Å². The molecule has 0 aliphatic heterocycles.